The zero-order valence-corrected chi connectivity index (χ0v) is 18.0. The van der Waals surface area contributed by atoms with E-state index in [0.717, 1.165) is 33.3 Å². The average Bonchev–Trinajstić information content (AvgIpc) is 3.11. The standard InChI is InChI=1S/C23H23N5OS/c1-4-18-14-22(28-23(25-18)24-16(3)27-28)30-20-8-6-5-7-19(20)26-21(29)13-17-11-9-15(2)10-12-17/h5-12,14H,4,13H2,1-3H3,(H,26,29). The Kier molecular flexibility index (Phi) is 5.81. The Balaban J connectivity index is 1.59. The molecule has 0 unspecified atom stereocenters. The van der Waals surface area contributed by atoms with E-state index in [-0.39, 0.29) is 5.91 Å². The van der Waals surface area contributed by atoms with Crippen molar-refractivity contribution in [2.75, 3.05) is 5.32 Å². The Hall–Kier alpha value is -3.19. The molecule has 0 bridgehead atoms. The lowest BCUT2D eigenvalue weighted by molar-refractivity contribution is -0.115. The molecule has 2 heterocycles. The van der Waals surface area contributed by atoms with Crippen LogP contribution in [0.5, 0.6) is 0 Å². The smallest absolute Gasteiger partial charge is 0.253 e. The molecule has 152 valence electrons. The molecule has 0 aliphatic heterocycles. The van der Waals surface area contributed by atoms with Crippen LogP contribution in [-0.2, 0) is 17.6 Å². The van der Waals surface area contributed by atoms with Crippen LogP contribution in [-0.4, -0.2) is 25.5 Å². The molecule has 1 N–H and O–H groups in total. The summed E-state index contributed by atoms with van der Waals surface area (Å²) in [6, 6.07) is 17.8. The van der Waals surface area contributed by atoms with Gasteiger partial charge in [-0.25, -0.2) is 4.98 Å². The molecular formula is C23H23N5OS. The Labute approximate surface area is 179 Å². The lowest BCUT2D eigenvalue weighted by Crippen LogP contribution is -2.15. The molecule has 0 saturated carbocycles. The fourth-order valence-corrected chi connectivity index (χ4v) is 4.10. The number of aromatic nitrogens is 4. The molecule has 4 rings (SSSR count). The summed E-state index contributed by atoms with van der Waals surface area (Å²) >= 11 is 1.54. The summed E-state index contributed by atoms with van der Waals surface area (Å²) in [6.45, 7) is 5.96. The number of nitrogens with zero attached hydrogens (tertiary/aromatic N) is 4. The molecule has 1 amide bonds. The largest absolute Gasteiger partial charge is 0.325 e. The van der Waals surface area contributed by atoms with Crippen molar-refractivity contribution in [2.45, 2.75) is 43.5 Å². The van der Waals surface area contributed by atoms with Crippen LogP contribution in [0.3, 0.4) is 0 Å². The van der Waals surface area contributed by atoms with Crippen molar-refractivity contribution in [1.82, 2.24) is 19.6 Å². The van der Waals surface area contributed by atoms with Crippen LogP contribution in [0.1, 0.15) is 29.6 Å². The van der Waals surface area contributed by atoms with Crippen LogP contribution < -0.4 is 5.32 Å². The van der Waals surface area contributed by atoms with Crippen molar-refractivity contribution in [3.8, 4) is 0 Å². The minimum absolute atomic E-state index is 0.0439. The minimum Gasteiger partial charge on any atom is -0.325 e. The van der Waals surface area contributed by atoms with Crippen molar-refractivity contribution in [1.29, 1.82) is 0 Å². The fraction of sp³-hybridized carbons (Fsp3) is 0.217. The SMILES string of the molecule is CCc1cc(Sc2ccccc2NC(=O)Cc2ccc(C)cc2)n2nc(C)nc2n1. The van der Waals surface area contributed by atoms with Crippen molar-refractivity contribution in [3.05, 3.63) is 77.2 Å². The molecule has 0 atom stereocenters. The van der Waals surface area contributed by atoms with E-state index in [1.165, 1.54) is 5.56 Å². The van der Waals surface area contributed by atoms with Gasteiger partial charge in [0.1, 0.15) is 10.9 Å². The van der Waals surface area contributed by atoms with Crippen LogP contribution in [0.2, 0.25) is 0 Å². The fourth-order valence-electron chi connectivity index (χ4n) is 3.10. The number of anilines is 1. The first-order valence-corrected chi connectivity index (χ1v) is 10.7. The topological polar surface area (TPSA) is 72.2 Å². The molecule has 0 saturated heterocycles. The van der Waals surface area contributed by atoms with E-state index in [1.54, 1.807) is 16.3 Å². The third kappa shape index (κ3) is 4.52. The predicted molar refractivity (Wildman–Crippen MR) is 119 cm³/mol. The quantitative estimate of drug-likeness (QED) is 0.463. The van der Waals surface area contributed by atoms with Crippen LogP contribution in [0.4, 0.5) is 5.69 Å². The zero-order chi connectivity index (χ0) is 21.1. The number of fused-ring (bicyclic) bond motifs is 1. The summed E-state index contributed by atoms with van der Waals surface area (Å²) in [6.07, 6.45) is 1.14. The summed E-state index contributed by atoms with van der Waals surface area (Å²) in [5.74, 6) is 1.23. The van der Waals surface area contributed by atoms with E-state index in [9.17, 15) is 4.79 Å². The van der Waals surface area contributed by atoms with E-state index in [4.69, 9.17) is 0 Å². The molecule has 2 aromatic heterocycles. The molecule has 30 heavy (non-hydrogen) atoms. The van der Waals surface area contributed by atoms with E-state index >= 15 is 0 Å². The molecule has 7 heteroatoms. The minimum atomic E-state index is -0.0439. The van der Waals surface area contributed by atoms with Crippen molar-refractivity contribution < 1.29 is 4.79 Å². The number of amides is 1. The number of benzene rings is 2. The molecule has 4 aromatic rings. The summed E-state index contributed by atoms with van der Waals surface area (Å²) in [5.41, 5.74) is 3.90. The number of rotatable bonds is 6. The number of carbonyl (C=O) groups is 1. The summed E-state index contributed by atoms with van der Waals surface area (Å²) in [7, 11) is 0. The highest BCUT2D eigenvalue weighted by atomic mass is 32.2. The van der Waals surface area contributed by atoms with Crippen molar-refractivity contribution >= 4 is 29.1 Å². The molecule has 0 spiro atoms. The summed E-state index contributed by atoms with van der Waals surface area (Å²) in [4.78, 5) is 22.5. The lowest BCUT2D eigenvalue weighted by Gasteiger charge is -2.12. The molecule has 0 aliphatic carbocycles. The van der Waals surface area contributed by atoms with Gasteiger partial charge in [0.2, 0.25) is 5.91 Å². The average molecular weight is 418 g/mol. The second-order valence-electron chi connectivity index (χ2n) is 7.12. The van der Waals surface area contributed by atoms with Gasteiger partial charge in [0.05, 0.1) is 12.1 Å². The van der Waals surface area contributed by atoms with Gasteiger partial charge in [0, 0.05) is 10.6 Å². The van der Waals surface area contributed by atoms with Crippen LogP contribution in [0.15, 0.2) is 64.5 Å². The first-order chi connectivity index (χ1) is 14.5. The van der Waals surface area contributed by atoms with Crippen molar-refractivity contribution in [2.24, 2.45) is 0 Å². The van der Waals surface area contributed by atoms with Crippen molar-refractivity contribution in [3.63, 3.8) is 0 Å². The molecule has 2 aromatic carbocycles. The Morgan fingerprint density at radius 2 is 1.83 bits per heavy atom. The highest BCUT2D eigenvalue weighted by Crippen LogP contribution is 2.33. The van der Waals surface area contributed by atoms with Gasteiger partial charge >= 0.3 is 0 Å². The number of hydrogen-bond donors (Lipinski definition) is 1. The Morgan fingerprint density at radius 3 is 2.60 bits per heavy atom. The molecule has 0 radical (unpaired) electrons. The predicted octanol–water partition coefficient (Wildman–Crippen LogP) is 4.64. The van der Waals surface area contributed by atoms with Gasteiger partial charge < -0.3 is 5.32 Å². The van der Waals surface area contributed by atoms with E-state index in [2.05, 4.69) is 27.3 Å². The lowest BCUT2D eigenvalue weighted by atomic mass is 10.1. The molecule has 0 aliphatic rings. The highest BCUT2D eigenvalue weighted by molar-refractivity contribution is 7.99. The maximum absolute atomic E-state index is 12.6. The molecule has 0 fully saturated rings. The van der Waals surface area contributed by atoms with Gasteiger partial charge in [-0.05, 0) is 44.0 Å². The normalized spacial score (nSPS) is 11.0. The van der Waals surface area contributed by atoms with Gasteiger partial charge in [-0.15, -0.1) is 5.10 Å². The maximum atomic E-state index is 12.6. The summed E-state index contributed by atoms with van der Waals surface area (Å²) < 4.78 is 1.75. The number of para-hydroxylation sites is 1. The summed E-state index contributed by atoms with van der Waals surface area (Å²) in [5, 5.41) is 8.44. The van der Waals surface area contributed by atoms with Gasteiger partial charge in [-0.1, -0.05) is 60.6 Å². The third-order valence-electron chi connectivity index (χ3n) is 4.66. The first kappa shape index (κ1) is 20.1. The maximum Gasteiger partial charge on any atom is 0.253 e. The number of aryl methyl sites for hydroxylation is 3. The first-order valence-electron chi connectivity index (χ1n) is 9.87. The van der Waals surface area contributed by atoms with Crippen LogP contribution >= 0.6 is 11.8 Å². The van der Waals surface area contributed by atoms with E-state index in [0.29, 0.717) is 18.0 Å². The van der Waals surface area contributed by atoms with Crippen LogP contribution in [0.25, 0.3) is 5.78 Å². The Morgan fingerprint density at radius 1 is 1.07 bits per heavy atom. The van der Waals surface area contributed by atoms with Gasteiger partial charge in [0.25, 0.3) is 5.78 Å². The zero-order valence-electron chi connectivity index (χ0n) is 17.2. The highest BCUT2D eigenvalue weighted by Gasteiger charge is 2.14. The number of hydrogen-bond acceptors (Lipinski definition) is 5. The molecular weight excluding hydrogens is 394 g/mol. The monoisotopic (exact) mass is 417 g/mol. The second kappa shape index (κ2) is 8.67. The van der Waals surface area contributed by atoms with E-state index in [1.807, 2.05) is 68.4 Å². The van der Waals surface area contributed by atoms with Gasteiger partial charge in [0.15, 0.2) is 0 Å². The second-order valence-corrected chi connectivity index (χ2v) is 8.18. The number of carbonyl (C=O) groups excluding carboxylic acids is 1. The number of nitrogens with one attached hydrogen (secondary N) is 1. The van der Waals surface area contributed by atoms with E-state index < -0.39 is 0 Å². The van der Waals surface area contributed by atoms with Crippen LogP contribution in [0, 0.1) is 13.8 Å². The van der Waals surface area contributed by atoms with Gasteiger partial charge in [-0.3, -0.25) is 4.79 Å². The Bertz CT molecular complexity index is 1200. The molecule has 6 nitrogen and oxygen atoms in total. The third-order valence-corrected chi connectivity index (χ3v) is 5.74. The van der Waals surface area contributed by atoms with Gasteiger partial charge in [-0.2, -0.15) is 9.50 Å².